The molecule has 0 atom stereocenters. The standard InChI is InChI=1S/C17H17FN4O2S/c1-12-9-14(7-8-15(12)18)25(23,24)19-11-17-20-16(21-22-17)10-13-5-3-2-4-6-13/h2-9,19H,10-11H2,1H3,(H,20,21,22). The van der Waals surface area contributed by atoms with Gasteiger partial charge in [0.15, 0.2) is 5.82 Å². The topological polar surface area (TPSA) is 87.7 Å². The Bertz CT molecular complexity index is 971. The zero-order valence-corrected chi connectivity index (χ0v) is 14.3. The zero-order chi connectivity index (χ0) is 17.9. The fraction of sp³-hybridized carbons (Fsp3) is 0.176. The van der Waals surface area contributed by atoms with Crippen LogP contribution in [-0.2, 0) is 23.0 Å². The van der Waals surface area contributed by atoms with E-state index in [9.17, 15) is 12.8 Å². The van der Waals surface area contributed by atoms with Crippen LogP contribution in [0.4, 0.5) is 4.39 Å². The highest BCUT2D eigenvalue weighted by Crippen LogP contribution is 2.14. The molecule has 0 saturated carbocycles. The molecule has 6 nitrogen and oxygen atoms in total. The third-order valence-corrected chi connectivity index (χ3v) is 5.05. The van der Waals surface area contributed by atoms with E-state index < -0.39 is 15.8 Å². The monoisotopic (exact) mass is 360 g/mol. The highest BCUT2D eigenvalue weighted by Gasteiger charge is 2.16. The van der Waals surface area contributed by atoms with Crippen LogP contribution in [-0.4, -0.2) is 23.6 Å². The van der Waals surface area contributed by atoms with Crippen molar-refractivity contribution in [1.29, 1.82) is 0 Å². The molecule has 25 heavy (non-hydrogen) atoms. The molecule has 3 rings (SSSR count). The van der Waals surface area contributed by atoms with E-state index in [-0.39, 0.29) is 17.0 Å². The average molecular weight is 360 g/mol. The molecule has 0 amide bonds. The van der Waals surface area contributed by atoms with Gasteiger partial charge in [-0.1, -0.05) is 30.3 Å². The lowest BCUT2D eigenvalue weighted by atomic mass is 10.1. The van der Waals surface area contributed by atoms with E-state index in [1.165, 1.54) is 19.1 Å². The van der Waals surface area contributed by atoms with Crippen LogP contribution in [0.25, 0.3) is 0 Å². The molecule has 0 saturated heterocycles. The van der Waals surface area contributed by atoms with Crippen LogP contribution in [0.2, 0.25) is 0 Å². The molecule has 1 aromatic heterocycles. The molecule has 0 bridgehead atoms. The molecule has 130 valence electrons. The Labute approximate surface area is 145 Å². The summed E-state index contributed by atoms with van der Waals surface area (Å²) in [5.74, 6) is 0.546. The van der Waals surface area contributed by atoms with Gasteiger partial charge in [0.05, 0.1) is 11.4 Å². The highest BCUT2D eigenvalue weighted by molar-refractivity contribution is 7.89. The summed E-state index contributed by atoms with van der Waals surface area (Å²) in [6.45, 7) is 1.46. The second-order valence-electron chi connectivity index (χ2n) is 5.60. The first-order valence-corrected chi connectivity index (χ1v) is 9.12. The van der Waals surface area contributed by atoms with Crippen molar-refractivity contribution in [2.75, 3.05) is 0 Å². The zero-order valence-electron chi connectivity index (χ0n) is 13.5. The van der Waals surface area contributed by atoms with E-state index in [1.807, 2.05) is 30.3 Å². The average Bonchev–Trinajstić information content (AvgIpc) is 3.04. The maximum atomic E-state index is 13.3. The first kappa shape index (κ1) is 17.2. The van der Waals surface area contributed by atoms with Crippen molar-refractivity contribution in [1.82, 2.24) is 19.9 Å². The lowest BCUT2D eigenvalue weighted by Gasteiger charge is -2.06. The minimum atomic E-state index is -3.76. The van der Waals surface area contributed by atoms with Crippen molar-refractivity contribution in [2.45, 2.75) is 24.8 Å². The number of nitrogens with one attached hydrogen (secondary N) is 2. The lowest BCUT2D eigenvalue weighted by Crippen LogP contribution is -2.24. The number of aromatic nitrogens is 3. The number of aryl methyl sites for hydroxylation is 1. The van der Waals surface area contributed by atoms with Gasteiger partial charge in [0.1, 0.15) is 11.6 Å². The number of rotatable bonds is 6. The summed E-state index contributed by atoms with van der Waals surface area (Å²) in [6, 6.07) is 13.4. The first-order valence-electron chi connectivity index (χ1n) is 7.64. The van der Waals surface area contributed by atoms with Gasteiger partial charge in [-0.05, 0) is 36.2 Å². The molecule has 0 spiro atoms. The third kappa shape index (κ3) is 4.28. The molecule has 0 fully saturated rings. The largest absolute Gasteiger partial charge is 0.263 e. The van der Waals surface area contributed by atoms with E-state index in [0.717, 1.165) is 11.6 Å². The predicted molar refractivity (Wildman–Crippen MR) is 90.8 cm³/mol. The Balaban J connectivity index is 1.66. The number of hydrogen-bond donors (Lipinski definition) is 2. The molecule has 1 heterocycles. The maximum Gasteiger partial charge on any atom is 0.240 e. The minimum absolute atomic E-state index is 0.00597. The van der Waals surface area contributed by atoms with Crippen LogP contribution < -0.4 is 4.72 Å². The van der Waals surface area contributed by atoms with Crippen molar-refractivity contribution in [2.24, 2.45) is 0 Å². The van der Waals surface area contributed by atoms with Crippen molar-refractivity contribution in [3.63, 3.8) is 0 Å². The van der Waals surface area contributed by atoms with Gasteiger partial charge in [-0.15, -0.1) is 0 Å². The Morgan fingerprint density at radius 3 is 2.64 bits per heavy atom. The number of benzene rings is 2. The summed E-state index contributed by atoms with van der Waals surface area (Å²) in [5, 5.41) is 6.82. The number of aromatic amines is 1. The maximum absolute atomic E-state index is 13.3. The predicted octanol–water partition coefficient (Wildman–Crippen LogP) is 2.32. The Kier molecular flexibility index (Phi) is 4.91. The Morgan fingerprint density at radius 2 is 1.92 bits per heavy atom. The van der Waals surface area contributed by atoms with Crippen molar-refractivity contribution >= 4 is 10.0 Å². The first-order chi connectivity index (χ1) is 11.9. The van der Waals surface area contributed by atoms with Gasteiger partial charge in [-0.3, -0.25) is 5.10 Å². The van der Waals surface area contributed by atoms with Crippen LogP contribution in [0, 0.1) is 12.7 Å². The van der Waals surface area contributed by atoms with Gasteiger partial charge in [0.2, 0.25) is 10.0 Å². The molecule has 0 aliphatic rings. The van der Waals surface area contributed by atoms with E-state index >= 15 is 0 Å². The molecule has 0 aliphatic heterocycles. The second kappa shape index (κ2) is 7.12. The number of nitrogens with zero attached hydrogens (tertiary/aromatic N) is 2. The smallest absolute Gasteiger partial charge is 0.240 e. The summed E-state index contributed by atoms with van der Waals surface area (Å²) in [4.78, 5) is 4.29. The van der Waals surface area contributed by atoms with Crippen LogP contribution >= 0.6 is 0 Å². The number of halogens is 1. The molecule has 0 radical (unpaired) electrons. The van der Waals surface area contributed by atoms with Gasteiger partial charge in [-0.25, -0.2) is 22.5 Å². The minimum Gasteiger partial charge on any atom is -0.263 e. The van der Waals surface area contributed by atoms with E-state index in [1.54, 1.807) is 0 Å². The van der Waals surface area contributed by atoms with Crippen LogP contribution in [0.15, 0.2) is 53.4 Å². The molecule has 2 N–H and O–H groups in total. The van der Waals surface area contributed by atoms with Crippen LogP contribution in [0.3, 0.4) is 0 Å². The number of H-pyrrole nitrogens is 1. The van der Waals surface area contributed by atoms with Gasteiger partial charge >= 0.3 is 0 Å². The molecule has 8 heteroatoms. The van der Waals surface area contributed by atoms with E-state index in [0.29, 0.717) is 18.1 Å². The molecule has 0 unspecified atom stereocenters. The van der Waals surface area contributed by atoms with E-state index in [4.69, 9.17) is 0 Å². The van der Waals surface area contributed by atoms with Gasteiger partial charge in [0, 0.05) is 6.42 Å². The molecular weight excluding hydrogens is 343 g/mol. The van der Waals surface area contributed by atoms with Crippen molar-refractivity contribution in [3.05, 3.63) is 77.1 Å². The quantitative estimate of drug-likeness (QED) is 0.706. The summed E-state index contributed by atoms with van der Waals surface area (Å²) >= 11 is 0. The summed E-state index contributed by atoms with van der Waals surface area (Å²) in [7, 11) is -3.76. The molecule has 0 aliphatic carbocycles. The Morgan fingerprint density at radius 1 is 1.16 bits per heavy atom. The van der Waals surface area contributed by atoms with Gasteiger partial charge in [-0.2, -0.15) is 5.10 Å². The van der Waals surface area contributed by atoms with Crippen LogP contribution in [0.1, 0.15) is 22.8 Å². The van der Waals surface area contributed by atoms with E-state index in [2.05, 4.69) is 19.9 Å². The number of sulfonamides is 1. The fourth-order valence-corrected chi connectivity index (χ4v) is 3.37. The SMILES string of the molecule is Cc1cc(S(=O)(=O)NCc2n[nH]c(Cc3ccccc3)n2)ccc1F. The molecule has 2 aromatic carbocycles. The van der Waals surface area contributed by atoms with Gasteiger partial charge in [0.25, 0.3) is 0 Å². The number of hydrogen-bond acceptors (Lipinski definition) is 4. The highest BCUT2D eigenvalue weighted by atomic mass is 32.2. The third-order valence-electron chi connectivity index (χ3n) is 3.65. The van der Waals surface area contributed by atoms with Crippen molar-refractivity contribution in [3.8, 4) is 0 Å². The van der Waals surface area contributed by atoms with Crippen molar-refractivity contribution < 1.29 is 12.8 Å². The van der Waals surface area contributed by atoms with Gasteiger partial charge < -0.3 is 0 Å². The van der Waals surface area contributed by atoms with Crippen LogP contribution in [0.5, 0.6) is 0 Å². The summed E-state index contributed by atoms with van der Waals surface area (Å²) in [6.07, 6.45) is 0.581. The Hall–Kier alpha value is -2.58. The fourth-order valence-electron chi connectivity index (χ4n) is 2.31. The second-order valence-corrected chi connectivity index (χ2v) is 7.36. The normalized spacial score (nSPS) is 11.6. The summed E-state index contributed by atoms with van der Waals surface area (Å²) in [5.41, 5.74) is 1.35. The lowest BCUT2D eigenvalue weighted by molar-refractivity contribution is 0.578. The summed E-state index contributed by atoms with van der Waals surface area (Å²) < 4.78 is 40.2. The molecule has 3 aromatic rings. The molecular formula is C17H17FN4O2S.